The second-order valence-electron chi connectivity index (χ2n) is 4.01. The SMILES string of the molecule is Cc1cccc(N)c1S(=O)(=O)NCc1sccc1Br. The predicted octanol–water partition coefficient (Wildman–Crippen LogP) is 2.88. The second-order valence-corrected chi connectivity index (χ2v) is 7.57. The second kappa shape index (κ2) is 5.62. The van der Waals surface area contributed by atoms with Gasteiger partial charge in [0.2, 0.25) is 10.0 Å². The van der Waals surface area contributed by atoms with E-state index in [0.717, 1.165) is 9.35 Å². The summed E-state index contributed by atoms with van der Waals surface area (Å²) in [4.78, 5) is 1.08. The molecular weight excluding hydrogens is 348 g/mol. The molecule has 0 saturated heterocycles. The fourth-order valence-electron chi connectivity index (χ4n) is 1.73. The van der Waals surface area contributed by atoms with Crippen molar-refractivity contribution in [1.29, 1.82) is 0 Å². The zero-order valence-corrected chi connectivity index (χ0v) is 13.4. The lowest BCUT2D eigenvalue weighted by molar-refractivity contribution is 0.581. The third-order valence-electron chi connectivity index (χ3n) is 2.62. The van der Waals surface area contributed by atoms with E-state index in [2.05, 4.69) is 20.7 Å². The normalized spacial score (nSPS) is 11.7. The summed E-state index contributed by atoms with van der Waals surface area (Å²) >= 11 is 4.86. The molecule has 7 heteroatoms. The van der Waals surface area contributed by atoms with Crippen molar-refractivity contribution in [3.8, 4) is 0 Å². The van der Waals surface area contributed by atoms with Crippen LogP contribution in [0.5, 0.6) is 0 Å². The van der Waals surface area contributed by atoms with Crippen molar-refractivity contribution in [2.24, 2.45) is 0 Å². The minimum absolute atomic E-state index is 0.155. The topological polar surface area (TPSA) is 72.2 Å². The number of halogens is 1. The summed E-state index contributed by atoms with van der Waals surface area (Å²) < 4.78 is 28.0. The molecule has 4 nitrogen and oxygen atoms in total. The molecule has 2 aromatic rings. The molecule has 0 aliphatic heterocycles. The first-order chi connectivity index (χ1) is 8.92. The van der Waals surface area contributed by atoms with Crippen molar-refractivity contribution in [3.63, 3.8) is 0 Å². The van der Waals surface area contributed by atoms with E-state index in [1.807, 2.05) is 11.4 Å². The number of sulfonamides is 1. The van der Waals surface area contributed by atoms with Gasteiger partial charge in [0.25, 0.3) is 0 Å². The van der Waals surface area contributed by atoms with E-state index < -0.39 is 10.0 Å². The standard InChI is InChI=1S/C12H13BrN2O2S2/c1-8-3-2-4-10(14)12(8)19(16,17)15-7-11-9(13)5-6-18-11/h2-6,15H,7,14H2,1H3. The van der Waals surface area contributed by atoms with Gasteiger partial charge in [-0.1, -0.05) is 12.1 Å². The van der Waals surface area contributed by atoms with Crippen LogP contribution in [0.1, 0.15) is 10.4 Å². The molecule has 102 valence electrons. The molecule has 0 saturated carbocycles. The van der Waals surface area contributed by atoms with E-state index >= 15 is 0 Å². The van der Waals surface area contributed by atoms with Gasteiger partial charge in [-0.25, -0.2) is 13.1 Å². The highest BCUT2D eigenvalue weighted by atomic mass is 79.9. The molecule has 0 atom stereocenters. The number of thiophene rings is 1. The van der Waals surface area contributed by atoms with E-state index in [-0.39, 0.29) is 17.1 Å². The quantitative estimate of drug-likeness (QED) is 0.823. The Morgan fingerprint density at radius 2 is 2.11 bits per heavy atom. The average Bonchev–Trinajstić information content (AvgIpc) is 2.72. The minimum atomic E-state index is -3.60. The number of benzene rings is 1. The van der Waals surface area contributed by atoms with Crippen molar-refractivity contribution < 1.29 is 8.42 Å². The van der Waals surface area contributed by atoms with Crippen LogP contribution in [0.2, 0.25) is 0 Å². The van der Waals surface area contributed by atoms with E-state index in [4.69, 9.17) is 5.73 Å². The number of nitrogens with two attached hydrogens (primary N) is 1. The molecule has 0 amide bonds. The van der Waals surface area contributed by atoms with Gasteiger partial charge in [-0.05, 0) is 45.9 Å². The van der Waals surface area contributed by atoms with Crippen molar-refractivity contribution in [1.82, 2.24) is 4.72 Å². The van der Waals surface area contributed by atoms with Crippen molar-refractivity contribution in [3.05, 3.63) is 44.6 Å². The maximum absolute atomic E-state index is 12.3. The van der Waals surface area contributed by atoms with E-state index in [1.165, 1.54) is 11.3 Å². The summed E-state index contributed by atoms with van der Waals surface area (Å²) in [5.41, 5.74) is 6.66. The number of anilines is 1. The molecule has 2 rings (SSSR count). The van der Waals surface area contributed by atoms with Crippen LogP contribution < -0.4 is 10.5 Å². The Morgan fingerprint density at radius 1 is 1.37 bits per heavy atom. The molecule has 1 aromatic carbocycles. The molecule has 0 aliphatic rings. The summed E-state index contributed by atoms with van der Waals surface area (Å²) in [5.74, 6) is 0. The molecule has 19 heavy (non-hydrogen) atoms. The number of rotatable bonds is 4. The Bertz CT molecular complexity index is 675. The first kappa shape index (κ1) is 14.5. The lowest BCUT2D eigenvalue weighted by Gasteiger charge is -2.11. The van der Waals surface area contributed by atoms with E-state index in [9.17, 15) is 8.42 Å². The summed E-state index contributed by atoms with van der Waals surface area (Å²) in [7, 11) is -3.60. The Balaban J connectivity index is 2.26. The van der Waals surface area contributed by atoms with Gasteiger partial charge in [0.05, 0.1) is 5.69 Å². The zero-order valence-electron chi connectivity index (χ0n) is 10.2. The first-order valence-corrected chi connectivity index (χ1v) is 8.64. The molecular formula is C12H13BrN2O2S2. The van der Waals surface area contributed by atoms with Gasteiger partial charge < -0.3 is 5.73 Å². The van der Waals surface area contributed by atoms with Crippen LogP contribution in [-0.2, 0) is 16.6 Å². The third kappa shape index (κ3) is 3.17. The molecule has 0 unspecified atom stereocenters. The summed E-state index contributed by atoms with van der Waals surface area (Å²) in [5, 5.41) is 1.90. The van der Waals surface area contributed by atoms with Crippen molar-refractivity contribution >= 4 is 43.0 Å². The lowest BCUT2D eigenvalue weighted by Crippen LogP contribution is -2.24. The third-order valence-corrected chi connectivity index (χ3v) is 6.17. The highest BCUT2D eigenvalue weighted by Gasteiger charge is 2.20. The molecule has 0 fully saturated rings. The van der Waals surface area contributed by atoms with Gasteiger partial charge in [-0.3, -0.25) is 0 Å². The fraction of sp³-hybridized carbons (Fsp3) is 0.167. The Labute approximate surface area is 124 Å². The van der Waals surface area contributed by atoms with Crippen LogP contribution in [0.3, 0.4) is 0 Å². The van der Waals surface area contributed by atoms with E-state index in [1.54, 1.807) is 25.1 Å². The smallest absolute Gasteiger partial charge is 0.243 e. The van der Waals surface area contributed by atoms with E-state index in [0.29, 0.717) is 5.56 Å². The number of hydrogen-bond donors (Lipinski definition) is 2. The Hall–Kier alpha value is -0.890. The molecule has 3 N–H and O–H groups in total. The molecule has 0 aliphatic carbocycles. The van der Waals surface area contributed by atoms with Gasteiger partial charge in [0.1, 0.15) is 4.90 Å². The fourth-order valence-corrected chi connectivity index (χ4v) is 4.60. The molecule has 1 heterocycles. The number of aryl methyl sites for hydroxylation is 1. The Kier molecular flexibility index (Phi) is 4.29. The maximum Gasteiger partial charge on any atom is 0.243 e. The molecule has 0 radical (unpaired) electrons. The monoisotopic (exact) mass is 360 g/mol. The predicted molar refractivity (Wildman–Crippen MR) is 81.6 cm³/mol. The number of nitrogen functional groups attached to an aromatic ring is 1. The zero-order chi connectivity index (χ0) is 14.0. The van der Waals surface area contributed by atoms with Crippen LogP contribution in [0.15, 0.2) is 39.0 Å². The van der Waals surface area contributed by atoms with Crippen molar-refractivity contribution in [2.75, 3.05) is 5.73 Å². The van der Waals surface area contributed by atoms with Crippen LogP contribution in [-0.4, -0.2) is 8.42 Å². The van der Waals surface area contributed by atoms with Crippen LogP contribution in [0.4, 0.5) is 5.69 Å². The van der Waals surface area contributed by atoms with Crippen molar-refractivity contribution in [2.45, 2.75) is 18.4 Å². The van der Waals surface area contributed by atoms with Gasteiger partial charge in [-0.15, -0.1) is 11.3 Å². The van der Waals surface area contributed by atoms with Gasteiger partial charge >= 0.3 is 0 Å². The number of hydrogen-bond acceptors (Lipinski definition) is 4. The first-order valence-electron chi connectivity index (χ1n) is 5.48. The largest absolute Gasteiger partial charge is 0.398 e. The van der Waals surface area contributed by atoms with Gasteiger partial charge in [0.15, 0.2) is 0 Å². The summed E-state index contributed by atoms with van der Waals surface area (Å²) in [6.07, 6.45) is 0. The highest BCUT2D eigenvalue weighted by Crippen LogP contribution is 2.25. The molecule has 0 bridgehead atoms. The highest BCUT2D eigenvalue weighted by molar-refractivity contribution is 9.10. The summed E-state index contributed by atoms with van der Waals surface area (Å²) in [6, 6.07) is 6.94. The Morgan fingerprint density at radius 3 is 2.68 bits per heavy atom. The van der Waals surface area contributed by atoms with Gasteiger partial charge in [0, 0.05) is 15.9 Å². The van der Waals surface area contributed by atoms with Crippen LogP contribution >= 0.6 is 27.3 Å². The summed E-state index contributed by atoms with van der Waals surface area (Å²) in [6.45, 7) is 1.97. The lowest BCUT2D eigenvalue weighted by atomic mass is 10.2. The minimum Gasteiger partial charge on any atom is -0.398 e. The average molecular weight is 361 g/mol. The van der Waals surface area contributed by atoms with Crippen LogP contribution in [0, 0.1) is 6.92 Å². The molecule has 1 aromatic heterocycles. The van der Waals surface area contributed by atoms with Crippen LogP contribution in [0.25, 0.3) is 0 Å². The van der Waals surface area contributed by atoms with Gasteiger partial charge in [-0.2, -0.15) is 0 Å². The maximum atomic E-state index is 12.3. The number of nitrogens with one attached hydrogen (secondary N) is 1. The molecule has 0 spiro atoms.